The Bertz CT molecular complexity index is 300. The van der Waals surface area contributed by atoms with E-state index in [4.69, 9.17) is 0 Å². The molecule has 1 saturated carbocycles. The van der Waals surface area contributed by atoms with Crippen molar-refractivity contribution in [2.45, 2.75) is 5.92 Å². The molecule has 2 heterocycles. The molecule has 1 saturated heterocycles. The van der Waals surface area contributed by atoms with Crippen LogP contribution in [-0.4, -0.2) is 22.9 Å². The van der Waals surface area contributed by atoms with Crippen molar-refractivity contribution in [1.29, 1.82) is 0 Å². The quantitative estimate of drug-likeness (QED) is 0.725. The third kappa shape index (κ3) is 1.27. The van der Waals surface area contributed by atoms with Crippen LogP contribution in [0.15, 0.2) is 12.3 Å². The maximum absolute atomic E-state index is 4.44. The zero-order valence-electron chi connectivity index (χ0n) is 7.60. The van der Waals surface area contributed by atoms with Gasteiger partial charge in [-0.3, -0.25) is 4.68 Å². The fourth-order valence-electron chi connectivity index (χ4n) is 2.47. The van der Waals surface area contributed by atoms with Gasteiger partial charge in [0.2, 0.25) is 0 Å². The first-order valence-electron chi connectivity index (χ1n) is 4.56. The highest BCUT2D eigenvalue weighted by atomic mass is 35.5. The Hall–Kier alpha value is -0.540. The molecule has 1 N–H and O–H groups in total. The number of nitrogens with zero attached hydrogens (tertiary/aromatic N) is 2. The van der Waals surface area contributed by atoms with Gasteiger partial charge in [0, 0.05) is 19.2 Å². The molecule has 2 fully saturated rings. The number of rotatable bonds is 1. The molecular weight excluding hydrogens is 186 g/mol. The Morgan fingerprint density at radius 3 is 2.69 bits per heavy atom. The van der Waals surface area contributed by atoms with Gasteiger partial charge < -0.3 is 5.32 Å². The van der Waals surface area contributed by atoms with Crippen LogP contribution in [0.3, 0.4) is 0 Å². The average molecular weight is 200 g/mol. The van der Waals surface area contributed by atoms with Crippen molar-refractivity contribution in [2.24, 2.45) is 18.9 Å². The predicted octanol–water partition coefficient (Wildman–Crippen LogP) is 0.775. The predicted molar refractivity (Wildman–Crippen MR) is 53.0 cm³/mol. The molecule has 1 aromatic heterocycles. The van der Waals surface area contributed by atoms with E-state index in [1.165, 1.54) is 18.8 Å². The van der Waals surface area contributed by atoms with Crippen molar-refractivity contribution in [3.8, 4) is 0 Å². The van der Waals surface area contributed by atoms with Crippen LogP contribution < -0.4 is 5.32 Å². The van der Waals surface area contributed by atoms with Gasteiger partial charge >= 0.3 is 0 Å². The SMILES string of the molecule is Cl.Cn1ccc([C@H]2[C@@H]3CNC[C@@H]32)n1. The summed E-state index contributed by atoms with van der Waals surface area (Å²) in [6.45, 7) is 2.40. The third-order valence-electron chi connectivity index (χ3n) is 3.17. The fraction of sp³-hybridized carbons (Fsp3) is 0.667. The summed E-state index contributed by atoms with van der Waals surface area (Å²) in [6, 6.07) is 2.16. The van der Waals surface area contributed by atoms with Crippen molar-refractivity contribution in [3.05, 3.63) is 18.0 Å². The summed E-state index contributed by atoms with van der Waals surface area (Å²) in [4.78, 5) is 0. The smallest absolute Gasteiger partial charge is 0.0662 e. The number of fused-ring (bicyclic) bond motifs is 1. The van der Waals surface area contributed by atoms with Crippen molar-refractivity contribution >= 4 is 12.4 Å². The van der Waals surface area contributed by atoms with E-state index in [-0.39, 0.29) is 12.4 Å². The van der Waals surface area contributed by atoms with Crippen molar-refractivity contribution in [3.63, 3.8) is 0 Å². The summed E-state index contributed by atoms with van der Waals surface area (Å²) in [5, 5.41) is 7.84. The molecule has 1 aliphatic carbocycles. The maximum Gasteiger partial charge on any atom is 0.0662 e. The molecule has 1 aliphatic heterocycles. The van der Waals surface area contributed by atoms with Gasteiger partial charge in [-0.1, -0.05) is 0 Å². The summed E-state index contributed by atoms with van der Waals surface area (Å²) in [7, 11) is 1.99. The highest BCUT2D eigenvalue weighted by Crippen LogP contribution is 2.55. The van der Waals surface area contributed by atoms with Crippen molar-refractivity contribution < 1.29 is 0 Å². The van der Waals surface area contributed by atoms with E-state index in [9.17, 15) is 0 Å². The Kier molecular flexibility index (Phi) is 2.08. The van der Waals surface area contributed by atoms with Crippen LogP contribution in [0.1, 0.15) is 11.6 Å². The Labute approximate surface area is 83.9 Å². The lowest BCUT2D eigenvalue weighted by Crippen LogP contribution is -2.14. The van der Waals surface area contributed by atoms with E-state index in [2.05, 4.69) is 16.5 Å². The fourth-order valence-corrected chi connectivity index (χ4v) is 2.47. The van der Waals surface area contributed by atoms with Gasteiger partial charge in [-0.05, 0) is 31.0 Å². The van der Waals surface area contributed by atoms with Gasteiger partial charge in [-0.2, -0.15) is 5.10 Å². The summed E-state index contributed by atoms with van der Waals surface area (Å²) in [5.74, 6) is 2.55. The van der Waals surface area contributed by atoms with E-state index >= 15 is 0 Å². The van der Waals surface area contributed by atoms with Gasteiger partial charge in [0.25, 0.3) is 0 Å². The second-order valence-electron chi connectivity index (χ2n) is 3.93. The minimum atomic E-state index is 0. The van der Waals surface area contributed by atoms with Crippen LogP contribution in [0.5, 0.6) is 0 Å². The molecule has 0 bridgehead atoms. The minimum absolute atomic E-state index is 0. The Morgan fingerprint density at radius 2 is 2.15 bits per heavy atom. The first-order chi connectivity index (χ1) is 5.86. The van der Waals surface area contributed by atoms with Crippen LogP contribution in [0.25, 0.3) is 0 Å². The number of nitrogens with one attached hydrogen (secondary N) is 1. The number of aryl methyl sites for hydroxylation is 1. The van der Waals surface area contributed by atoms with Crippen LogP contribution in [0.4, 0.5) is 0 Å². The lowest BCUT2D eigenvalue weighted by molar-refractivity contribution is 0.657. The van der Waals surface area contributed by atoms with E-state index in [1.807, 2.05) is 17.9 Å². The standard InChI is InChI=1S/C9H13N3.ClH/c1-12-3-2-8(11-12)9-6-4-10-5-7(6)9;/h2-3,6-7,9-10H,4-5H2,1H3;1H/t6-,7+,9+;. The zero-order chi connectivity index (χ0) is 8.13. The van der Waals surface area contributed by atoms with Crippen molar-refractivity contribution in [2.75, 3.05) is 13.1 Å². The molecule has 0 radical (unpaired) electrons. The van der Waals surface area contributed by atoms with E-state index in [0.717, 1.165) is 17.8 Å². The molecule has 13 heavy (non-hydrogen) atoms. The largest absolute Gasteiger partial charge is 0.316 e. The van der Waals surface area contributed by atoms with Crippen LogP contribution in [-0.2, 0) is 7.05 Å². The second-order valence-corrected chi connectivity index (χ2v) is 3.93. The summed E-state index contributed by atoms with van der Waals surface area (Å²) in [5.41, 5.74) is 1.30. The molecule has 3 nitrogen and oxygen atoms in total. The number of piperidine rings is 1. The summed E-state index contributed by atoms with van der Waals surface area (Å²) >= 11 is 0. The molecule has 0 amide bonds. The number of hydrogen-bond donors (Lipinski definition) is 1. The molecule has 72 valence electrons. The molecule has 3 atom stereocenters. The zero-order valence-corrected chi connectivity index (χ0v) is 8.42. The van der Waals surface area contributed by atoms with Crippen LogP contribution in [0, 0.1) is 11.8 Å². The molecular formula is C9H14ClN3. The first-order valence-corrected chi connectivity index (χ1v) is 4.56. The molecule has 0 spiro atoms. The molecule has 4 heteroatoms. The van der Waals surface area contributed by atoms with Gasteiger partial charge in [0.1, 0.15) is 0 Å². The average Bonchev–Trinajstić information content (AvgIpc) is 2.55. The Balaban J connectivity index is 0.000000653. The maximum atomic E-state index is 4.44. The van der Waals surface area contributed by atoms with Crippen LogP contribution >= 0.6 is 12.4 Å². The van der Waals surface area contributed by atoms with Gasteiger partial charge in [0.15, 0.2) is 0 Å². The van der Waals surface area contributed by atoms with E-state index < -0.39 is 0 Å². The molecule has 0 aromatic carbocycles. The highest BCUT2D eigenvalue weighted by molar-refractivity contribution is 5.85. The monoisotopic (exact) mass is 199 g/mol. The minimum Gasteiger partial charge on any atom is -0.316 e. The topological polar surface area (TPSA) is 29.9 Å². The summed E-state index contributed by atoms with van der Waals surface area (Å²) in [6.07, 6.45) is 2.04. The molecule has 2 aliphatic rings. The van der Waals surface area contributed by atoms with Crippen LogP contribution in [0.2, 0.25) is 0 Å². The molecule has 1 aromatic rings. The molecule has 0 unspecified atom stereocenters. The number of halogens is 1. The molecule has 3 rings (SSSR count). The first kappa shape index (κ1) is 9.03. The highest BCUT2D eigenvalue weighted by Gasteiger charge is 2.54. The normalized spacial score (nSPS) is 35.3. The van der Waals surface area contributed by atoms with Gasteiger partial charge in [-0.15, -0.1) is 12.4 Å². The van der Waals surface area contributed by atoms with E-state index in [1.54, 1.807) is 0 Å². The number of aromatic nitrogens is 2. The number of hydrogen-bond acceptors (Lipinski definition) is 2. The third-order valence-corrected chi connectivity index (χ3v) is 3.17. The van der Waals surface area contributed by atoms with E-state index in [0.29, 0.717) is 0 Å². The van der Waals surface area contributed by atoms with Gasteiger partial charge in [-0.25, -0.2) is 0 Å². The lowest BCUT2D eigenvalue weighted by Gasteiger charge is -1.99. The van der Waals surface area contributed by atoms with Crippen molar-refractivity contribution in [1.82, 2.24) is 15.1 Å². The second kappa shape index (κ2) is 3.00. The Morgan fingerprint density at radius 1 is 1.46 bits per heavy atom. The lowest BCUT2D eigenvalue weighted by atomic mass is 10.2. The summed E-state index contributed by atoms with van der Waals surface area (Å²) < 4.78 is 1.90. The van der Waals surface area contributed by atoms with Gasteiger partial charge in [0.05, 0.1) is 5.69 Å².